The van der Waals surface area contributed by atoms with E-state index < -0.39 is 0 Å². The van der Waals surface area contributed by atoms with E-state index in [9.17, 15) is 4.79 Å². The van der Waals surface area contributed by atoms with Gasteiger partial charge in [-0.25, -0.2) is 9.78 Å². The van der Waals surface area contributed by atoms with Crippen molar-refractivity contribution in [1.29, 1.82) is 0 Å². The number of urea groups is 1. The summed E-state index contributed by atoms with van der Waals surface area (Å²) in [5.74, 6) is 1.44. The lowest BCUT2D eigenvalue weighted by Crippen LogP contribution is -2.33. The highest BCUT2D eigenvalue weighted by Gasteiger charge is 2.27. The quantitative estimate of drug-likeness (QED) is 0.704. The fourth-order valence-corrected chi connectivity index (χ4v) is 3.66. The minimum atomic E-state index is -0.167. The van der Waals surface area contributed by atoms with Gasteiger partial charge in [-0.2, -0.15) is 5.10 Å². The number of imidazole rings is 1. The Bertz CT molecular complexity index is 995. The number of aromatic amines is 1. The molecule has 148 valence electrons. The van der Waals surface area contributed by atoms with Crippen LogP contribution in [0.5, 0.6) is 5.75 Å². The number of nitrogens with zero attached hydrogens (tertiary/aromatic N) is 4. The van der Waals surface area contributed by atoms with Gasteiger partial charge in [-0.15, -0.1) is 0 Å². The smallest absolute Gasteiger partial charge is 0.324 e. The molecule has 2 N–H and O–H groups in total. The van der Waals surface area contributed by atoms with Crippen LogP contribution in [0.1, 0.15) is 6.42 Å². The van der Waals surface area contributed by atoms with Crippen LogP contribution in [0.25, 0.3) is 22.2 Å². The molecule has 0 spiro atoms. The van der Waals surface area contributed by atoms with E-state index in [0.717, 1.165) is 28.6 Å². The highest BCUT2D eigenvalue weighted by molar-refractivity contribution is 5.98. The molecule has 0 saturated carbocycles. The number of ether oxygens (including phenoxy) is 2. The number of aryl methyl sites for hydroxylation is 1. The Morgan fingerprint density at radius 1 is 1.39 bits per heavy atom. The zero-order chi connectivity index (χ0) is 19.7. The van der Waals surface area contributed by atoms with Crippen molar-refractivity contribution in [3.8, 4) is 16.9 Å². The molecule has 9 nitrogen and oxygen atoms in total. The number of methoxy groups -OCH3 is 2. The SMILES string of the molecule is COC[C@H]1CCN(C(=O)Nc2nc3c(-c4cnn(C)c4)ccc(OC)c3[nH]2)C1. The summed E-state index contributed by atoms with van der Waals surface area (Å²) in [5, 5.41) is 7.11. The first-order chi connectivity index (χ1) is 13.6. The number of aromatic nitrogens is 4. The van der Waals surface area contributed by atoms with E-state index in [-0.39, 0.29) is 6.03 Å². The Labute approximate surface area is 162 Å². The average Bonchev–Trinajstić information content (AvgIpc) is 3.40. The number of likely N-dealkylation sites (tertiary alicyclic amines) is 1. The predicted molar refractivity (Wildman–Crippen MR) is 105 cm³/mol. The number of nitrogens with one attached hydrogen (secondary N) is 2. The molecule has 1 aliphatic heterocycles. The van der Waals surface area contributed by atoms with E-state index in [0.29, 0.717) is 37.3 Å². The monoisotopic (exact) mass is 384 g/mol. The molecule has 4 rings (SSSR count). The summed E-state index contributed by atoms with van der Waals surface area (Å²) in [7, 11) is 5.16. The van der Waals surface area contributed by atoms with Crippen molar-refractivity contribution in [1.82, 2.24) is 24.6 Å². The molecule has 2 amide bonds. The van der Waals surface area contributed by atoms with Crippen LogP contribution in [0.4, 0.5) is 10.7 Å². The third kappa shape index (κ3) is 3.40. The summed E-state index contributed by atoms with van der Waals surface area (Å²) in [4.78, 5) is 22.2. The van der Waals surface area contributed by atoms with Crippen molar-refractivity contribution >= 4 is 23.0 Å². The van der Waals surface area contributed by atoms with Crippen LogP contribution in [0.15, 0.2) is 24.5 Å². The summed E-state index contributed by atoms with van der Waals surface area (Å²) in [6.07, 6.45) is 4.66. The molecule has 0 bridgehead atoms. The molecule has 1 atom stereocenters. The number of hydrogen-bond acceptors (Lipinski definition) is 5. The summed E-state index contributed by atoms with van der Waals surface area (Å²) >= 11 is 0. The maximum Gasteiger partial charge on any atom is 0.324 e. The van der Waals surface area contributed by atoms with Crippen LogP contribution < -0.4 is 10.1 Å². The lowest BCUT2D eigenvalue weighted by Gasteiger charge is -2.16. The largest absolute Gasteiger partial charge is 0.494 e. The Balaban J connectivity index is 1.61. The third-order valence-corrected chi connectivity index (χ3v) is 5.04. The van der Waals surface area contributed by atoms with Gasteiger partial charge in [0.15, 0.2) is 0 Å². The van der Waals surface area contributed by atoms with E-state index in [1.54, 1.807) is 30.0 Å². The van der Waals surface area contributed by atoms with Crippen LogP contribution in [0.3, 0.4) is 0 Å². The van der Waals surface area contributed by atoms with Crippen LogP contribution in [0.2, 0.25) is 0 Å². The summed E-state index contributed by atoms with van der Waals surface area (Å²) in [6, 6.07) is 3.66. The Kier molecular flexibility index (Phi) is 4.91. The van der Waals surface area contributed by atoms with Crippen molar-refractivity contribution in [2.45, 2.75) is 6.42 Å². The number of benzene rings is 1. The number of hydrogen-bond donors (Lipinski definition) is 2. The molecule has 9 heteroatoms. The first kappa shape index (κ1) is 18.3. The van der Waals surface area contributed by atoms with Crippen LogP contribution in [-0.4, -0.2) is 64.6 Å². The maximum absolute atomic E-state index is 12.6. The van der Waals surface area contributed by atoms with Gasteiger partial charge in [-0.05, 0) is 18.6 Å². The number of carbonyl (C=O) groups is 1. The molecular formula is C19H24N6O3. The van der Waals surface area contributed by atoms with Crippen molar-refractivity contribution in [3.63, 3.8) is 0 Å². The number of rotatable bonds is 5. The second kappa shape index (κ2) is 7.51. The van der Waals surface area contributed by atoms with Gasteiger partial charge in [0.25, 0.3) is 0 Å². The number of anilines is 1. The maximum atomic E-state index is 12.6. The molecule has 3 heterocycles. The summed E-state index contributed by atoms with van der Waals surface area (Å²) in [6.45, 7) is 2.06. The van der Waals surface area contributed by atoms with E-state index >= 15 is 0 Å². The Morgan fingerprint density at radius 3 is 2.96 bits per heavy atom. The molecular weight excluding hydrogens is 360 g/mol. The number of carbonyl (C=O) groups excluding carboxylic acids is 1. The molecule has 1 aromatic carbocycles. The second-order valence-corrected chi connectivity index (χ2v) is 7.01. The van der Waals surface area contributed by atoms with Crippen molar-refractivity contribution in [2.24, 2.45) is 13.0 Å². The summed E-state index contributed by atoms with van der Waals surface area (Å²) in [5.41, 5.74) is 3.32. The fourth-order valence-electron chi connectivity index (χ4n) is 3.66. The molecule has 1 fully saturated rings. The first-order valence-corrected chi connectivity index (χ1v) is 9.19. The molecule has 0 unspecified atom stereocenters. The van der Waals surface area contributed by atoms with Crippen LogP contribution in [-0.2, 0) is 11.8 Å². The zero-order valence-corrected chi connectivity index (χ0v) is 16.2. The van der Waals surface area contributed by atoms with Gasteiger partial charge in [-0.1, -0.05) is 0 Å². The molecule has 0 radical (unpaired) electrons. The predicted octanol–water partition coefficient (Wildman–Crippen LogP) is 2.47. The van der Waals surface area contributed by atoms with Crippen molar-refractivity contribution in [3.05, 3.63) is 24.5 Å². The zero-order valence-electron chi connectivity index (χ0n) is 16.2. The van der Waals surface area contributed by atoms with Gasteiger partial charge < -0.3 is 19.4 Å². The molecule has 1 saturated heterocycles. The van der Waals surface area contributed by atoms with E-state index in [4.69, 9.17) is 9.47 Å². The lowest BCUT2D eigenvalue weighted by molar-refractivity contribution is 0.154. The summed E-state index contributed by atoms with van der Waals surface area (Å²) < 4.78 is 12.4. The van der Waals surface area contributed by atoms with Crippen molar-refractivity contribution in [2.75, 3.05) is 39.2 Å². The minimum Gasteiger partial charge on any atom is -0.494 e. The highest BCUT2D eigenvalue weighted by atomic mass is 16.5. The molecule has 2 aromatic heterocycles. The molecule has 28 heavy (non-hydrogen) atoms. The number of H-pyrrole nitrogens is 1. The van der Waals surface area contributed by atoms with Gasteiger partial charge in [0.05, 0.1) is 19.9 Å². The Morgan fingerprint density at radius 2 is 2.25 bits per heavy atom. The van der Waals surface area contributed by atoms with Crippen LogP contribution >= 0.6 is 0 Å². The van der Waals surface area contributed by atoms with Gasteiger partial charge in [0.2, 0.25) is 5.95 Å². The van der Waals surface area contributed by atoms with E-state index in [1.807, 2.05) is 25.4 Å². The molecule has 1 aliphatic rings. The third-order valence-electron chi connectivity index (χ3n) is 5.04. The standard InChI is InChI=1S/C19H24N6O3/c1-24-10-13(8-20-24)14-4-5-15(28-3)17-16(14)21-18(22-17)23-19(26)25-7-6-12(9-25)11-27-2/h4-5,8,10,12H,6-7,9,11H2,1-3H3,(H2,21,22,23,26)/t12-/m0/s1. The van der Waals surface area contributed by atoms with Gasteiger partial charge >= 0.3 is 6.03 Å². The first-order valence-electron chi connectivity index (χ1n) is 9.19. The number of amides is 2. The van der Waals surface area contributed by atoms with Crippen molar-refractivity contribution < 1.29 is 14.3 Å². The Hall–Kier alpha value is -3.07. The van der Waals surface area contributed by atoms with E-state index in [1.165, 1.54) is 0 Å². The minimum absolute atomic E-state index is 0.167. The van der Waals surface area contributed by atoms with E-state index in [2.05, 4.69) is 20.4 Å². The second-order valence-electron chi connectivity index (χ2n) is 7.01. The lowest BCUT2D eigenvalue weighted by atomic mass is 10.1. The fraction of sp³-hybridized carbons (Fsp3) is 0.421. The average molecular weight is 384 g/mol. The van der Waals surface area contributed by atoms with Gasteiger partial charge in [0, 0.05) is 50.5 Å². The topological polar surface area (TPSA) is 97.3 Å². The number of fused-ring (bicyclic) bond motifs is 1. The van der Waals surface area contributed by atoms with Gasteiger partial charge in [0.1, 0.15) is 16.8 Å². The molecule has 3 aromatic rings. The van der Waals surface area contributed by atoms with Gasteiger partial charge in [-0.3, -0.25) is 10.00 Å². The highest BCUT2D eigenvalue weighted by Crippen LogP contribution is 2.33. The molecule has 0 aliphatic carbocycles. The normalized spacial score (nSPS) is 16.7. The van der Waals surface area contributed by atoms with Crippen LogP contribution in [0, 0.1) is 5.92 Å².